The first kappa shape index (κ1) is 15.2. The van der Waals surface area contributed by atoms with Gasteiger partial charge in [-0.2, -0.15) is 0 Å². The zero-order chi connectivity index (χ0) is 16.0. The molecule has 0 aromatic carbocycles. The van der Waals surface area contributed by atoms with E-state index in [0.29, 0.717) is 10.8 Å². The predicted molar refractivity (Wildman–Crippen MR) is 91.5 cm³/mol. The SMILES string of the molecule is CC(NC(=O)c1ccc(NC(=O)C2CC2)s1)C1CC2CCC1C2. The monoisotopic (exact) mass is 332 g/mol. The minimum absolute atomic E-state index is 0.00260. The lowest BCUT2D eigenvalue weighted by atomic mass is 9.84. The van der Waals surface area contributed by atoms with E-state index in [4.69, 9.17) is 0 Å². The van der Waals surface area contributed by atoms with E-state index in [2.05, 4.69) is 17.6 Å². The van der Waals surface area contributed by atoms with Crippen molar-refractivity contribution >= 4 is 28.2 Å². The summed E-state index contributed by atoms with van der Waals surface area (Å²) in [5.41, 5.74) is 0. The van der Waals surface area contributed by atoms with Crippen molar-refractivity contribution in [3.05, 3.63) is 17.0 Å². The smallest absolute Gasteiger partial charge is 0.261 e. The van der Waals surface area contributed by atoms with Gasteiger partial charge in [-0.3, -0.25) is 9.59 Å². The lowest BCUT2D eigenvalue weighted by Gasteiger charge is -2.28. The fourth-order valence-electron chi connectivity index (χ4n) is 4.39. The number of hydrogen-bond donors (Lipinski definition) is 2. The molecule has 124 valence electrons. The van der Waals surface area contributed by atoms with Crippen molar-refractivity contribution in [1.29, 1.82) is 0 Å². The predicted octanol–water partition coefficient (Wildman–Crippen LogP) is 3.65. The van der Waals surface area contributed by atoms with E-state index < -0.39 is 0 Å². The Hall–Kier alpha value is -1.36. The Bertz CT molecular complexity index is 622. The maximum Gasteiger partial charge on any atom is 0.261 e. The van der Waals surface area contributed by atoms with Crippen LogP contribution in [0.3, 0.4) is 0 Å². The number of anilines is 1. The summed E-state index contributed by atoms with van der Waals surface area (Å²) >= 11 is 1.37. The first-order chi connectivity index (χ1) is 11.1. The summed E-state index contributed by atoms with van der Waals surface area (Å²) in [6.45, 7) is 2.15. The van der Waals surface area contributed by atoms with E-state index in [1.165, 1.54) is 37.0 Å². The van der Waals surface area contributed by atoms with E-state index in [1.54, 1.807) is 0 Å². The van der Waals surface area contributed by atoms with Crippen LogP contribution in [-0.2, 0) is 4.79 Å². The van der Waals surface area contributed by atoms with Crippen molar-refractivity contribution < 1.29 is 9.59 Å². The molecule has 3 aliphatic rings. The van der Waals surface area contributed by atoms with Gasteiger partial charge in [0.2, 0.25) is 5.91 Å². The first-order valence-electron chi connectivity index (χ1n) is 8.81. The molecule has 0 spiro atoms. The molecule has 4 nitrogen and oxygen atoms in total. The summed E-state index contributed by atoms with van der Waals surface area (Å²) in [4.78, 5) is 24.9. The van der Waals surface area contributed by atoms with E-state index in [1.807, 2.05) is 12.1 Å². The highest BCUT2D eigenvalue weighted by Crippen LogP contribution is 2.49. The number of amides is 2. The Balaban J connectivity index is 1.33. The number of fused-ring (bicyclic) bond motifs is 2. The number of hydrogen-bond acceptors (Lipinski definition) is 3. The van der Waals surface area contributed by atoms with Crippen molar-refractivity contribution in [2.24, 2.45) is 23.7 Å². The van der Waals surface area contributed by atoms with Crippen LogP contribution < -0.4 is 10.6 Å². The average molecular weight is 332 g/mol. The topological polar surface area (TPSA) is 58.2 Å². The molecule has 23 heavy (non-hydrogen) atoms. The van der Waals surface area contributed by atoms with Gasteiger partial charge in [0.05, 0.1) is 9.88 Å². The number of rotatable bonds is 5. The third-order valence-corrected chi connectivity index (χ3v) is 6.82. The second kappa shape index (κ2) is 5.93. The van der Waals surface area contributed by atoms with Crippen molar-refractivity contribution in [3.8, 4) is 0 Å². The highest BCUT2D eigenvalue weighted by atomic mass is 32.1. The number of carbonyl (C=O) groups is 2. The Morgan fingerprint density at radius 2 is 2.00 bits per heavy atom. The van der Waals surface area contributed by atoms with Crippen molar-refractivity contribution in [1.82, 2.24) is 5.32 Å². The van der Waals surface area contributed by atoms with Crippen LogP contribution in [-0.4, -0.2) is 17.9 Å². The zero-order valence-corrected chi connectivity index (χ0v) is 14.3. The molecule has 4 atom stereocenters. The van der Waals surface area contributed by atoms with Crippen molar-refractivity contribution in [2.75, 3.05) is 5.32 Å². The molecule has 0 saturated heterocycles. The Labute approximate surface area is 141 Å². The molecule has 0 aliphatic heterocycles. The van der Waals surface area contributed by atoms with Crippen molar-refractivity contribution in [3.63, 3.8) is 0 Å². The van der Waals surface area contributed by atoms with Crippen LogP contribution in [0.2, 0.25) is 0 Å². The molecule has 5 heteroatoms. The molecule has 2 N–H and O–H groups in total. The highest BCUT2D eigenvalue weighted by Gasteiger charge is 2.42. The molecule has 3 aliphatic carbocycles. The maximum atomic E-state index is 12.4. The second-order valence-electron chi connectivity index (χ2n) is 7.53. The molecule has 1 heterocycles. The minimum atomic E-state index is -0.00260. The maximum absolute atomic E-state index is 12.4. The third-order valence-electron chi connectivity index (χ3n) is 5.82. The van der Waals surface area contributed by atoms with Gasteiger partial charge in [0.25, 0.3) is 5.91 Å². The molecule has 3 saturated carbocycles. The summed E-state index contributed by atoms with van der Waals surface area (Å²) in [7, 11) is 0. The van der Waals surface area contributed by atoms with Gasteiger partial charge in [0, 0.05) is 12.0 Å². The van der Waals surface area contributed by atoms with Crippen LogP contribution >= 0.6 is 11.3 Å². The van der Waals surface area contributed by atoms with Gasteiger partial charge >= 0.3 is 0 Å². The van der Waals surface area contributed by atoms with E-state index in [0.717, 1.165) is 29.7 Å². The average Bonchev–Trinajstić information content (AvgIpc) is 2.96. The third kappa shape index (κ3) is 3.16. The molecule has 4 rings (SSSR count). The Morgan fingerprint density at radius 1 is 1.17 bits per heavy atom. The molecule has 4 unspecified atom stereocenters. The van der Waals surface area contributed by atoms with E-state index in [9.17, 15) is 9.59 Å². The van der Waals surface area contributed by atoms with Gasteiger partial charge in [-0.1, -0.05) is 6.42 Å². The Morgan fingerprint density at radius 3 is 2.65 bits per heavy atom. The summed E-state index contributed by atoms with van der Waals surface area (Å²) in [5, 5.41) is 6.87. The van der Waals surface area contributed by atoms with Crippen LogP contribution in [0, 0.1) is 23.7 Å². The lowest BCUT2D eigenvalue weighted by Crippen LogP contribution is -2.39. The quantitative estimate of drug-likeness (QED) is 0.864. The molecule has 2 amide bonds. The fourth-order valence-corrected chi connectivity index (χ4v) is 5.20. The molecule has 3 fully saturated rings. The summed E-state index contributed by atoms with van der Waals surface area (Å²) < 4.78 is 0. The highest BCUT2D eigenvalue weighted by molar-refractivity contribution is 7.18. The van der Waals surface area contributed by atoms with Crippen LogP contribution in [0.15, 0.2) is 12.1 Å². The van der Waals surface area contributed by atoms with Gasteiger partial charge in [0.15, 0.2) is 0 Å². The standard InChI is InChI=1S/C18H24N2O2S/c1-10(14-9-11-2-3-13(14)8-11)19-18(22)15-6-7-16(23-15)20-17(21)12-4-5-12/h6-7,10-14H,2-5,8-9H2,1H3,(H,19,22)(H,20,21). The largest absolute Gasteiger partial charge is 0.349 e. The van der Waals surface area contributed by atoms with E-state index >= 15 is 0 Å². The Kier molecular flexibility index (Phi) is 3.92. The van der Waals surface area contributed by atoms with E-state index in [-0.39, 0.29) is 23.8 Å². The van der Waals surface area contributed by atoms with Gasteiger partial charge in [0.1, 0.15) is 0 Å². The molecule has 1 aromatic rings. The summed E-state index contributed by atoms with van der Waals surface area (Å²) in [6.07, 6.45) is 7.35. The first-order valence-corrected chi connectivity index (χ1v) is 9.63. The van der Waals surface area contributed by atoms with Crippen molar-refractivity contribution in [2.45, 2.75) is 51.5 Å². The fraction of sp³-hybridized carbons (Fsp3) is 0.667. The summed E-state index contributed by atoms with van der Waals surface area (Å²) in [6, 6.07) is 3.89. The minimum Gasteiger partial charge on any atom is -0.349 e. The second-order valence-corrected chi connectivity index (χ2v) is 8.61. The molecular weight excluding hydrogens is 308 g/mol. The molecule has 1 aromatic heterocycles. The molecular formula is C18H24N2O2S. The normalized spacial score (nSPS) is 30.2. The number of thiophene rings is 1. The van der Waals surface area contributed by atoms with Crippen LogP contribution in [0.4, 0.5) is 5.00 Å². The molecule has 0 radical (unpaired) electrons. The van der Waals surface area contributed by atoms with Gasteiger partial charge < -0.3 is 10.6 Å². The van der Waals surface area contributed by atoms with Gasteiger partial charge in [-0.05, 0) is 68.9 Å². The van der Waals surface area contributed by atoms with Gasteiger partial charge in [-0.15, -0.1) is 11.3 Å². The summed E-state index contributed by atoms with van der Waals surface area (Å²) in [5.74, 6) is 2.63. The lowest BCUT2D eigenvalue weighted by molar-refractivity contribution is -0.117. The zero-order valence-electron chi connectivity index (χ0n) is 13.5. The number of nitrogens with one attached hydrogen (secondary N) is 2. The van der Waals surface area contributed by atoms with Crippen LogP contribution in [0.1, 0.15) is 55.1 Å². The van der Waals surface area contributed by atoms with Crippen LogP contribution in [0.25, 0.3) is 0 Å². The van der Waals surface area contributed by atoms with Gasteiger partial charge in [-0.25, -0.2) is 0 Å². The number of carbonyl (C=O) groups excluding carboxylic acids is 2. The molecule has 2 bridgehead atoms. The van der Waals surface area contributed by atoms with Crippen LogP contribution in [0.5, 0.6) is 0 Å².